The monoisotopic (exact) mass is 235 g/mol. The van der Waals surface area contributed by atoms with Crippen LogP contribution in [0.3, 0.4) is 0 Å². The molecule has 4 heteroatoms. The van der Waals surface area contributed by atoms with Crippen LogP contribution in [0.4, 0.5) is 0 Å². The maximum atomic E-state index is 12.1. The summed E-state index contributed by atoms with van der Waals surface area (Å²) in [6, 6.07) is 1.63. The van der Waals surface area contributed by atoms with Gasteiger partial charge in [0.15, 0.2) is 0 Å². The van der Waals surface area contributed by atoms with E-state index in [1.807, 2.05) is 0 Å². The first-order valence-electron chi connectivity index (χ1n) is 6.00. The zero-order chi connectivity index (χ0) is 12.4. The predicted molar refractivity (Wildman–Crippen MR) is 64.2 cm³/mol. The lowest BCUT2D eigenvalue weighted by molar-refractivity contribution is 0.0933. The topological polar surface area (TPSA) is 59.3 Å². The maximum Gasteiger partial charge on any atom is 0.336 e. The van der Waals surface area contributed by atoms with Crippen molar-refractivity contribution in [2.75, 3.05) is 0 Å². The van der Waals surface area contributed by atoms with E-state index in [1.54, 1.807) is 13.8 Å². The van der Waals surface area contributed by atoms with Crippen LogP contribution in [0, 0.1) is 13.8 Å². The SMILES string of the molecule is Cc1cc(=O)oc(C)c1C(=O)NC1CCCC1. The molecule has 1 aromatic rings. The summed E-state index contributed by atoms with van der Waals surface area (Å²) in [5.41, 5.74) is 0.767. The summed E-state index contributed by atoms with van der Waals surface area (Å²) < 4.78 is 4.96. The van der Waals surface area contributed by atoms with Crippen LogP contribution < -0.4 is 10.9 Å². The fourth-order valence-electron chi connectivity index (χ4n) is 2.42. The molecule has 1 aliphatic rings. The van der Waals surface area contributed by atoms with E-state index in [1.165, 1.54) is 18.9 Å². The molecule has 0 saturated heterocycles. The molecule has 1 N–H and O–H groups in total. The molecule has 0 unspecified atom stereocenters. The lowest BCUT2D eigenvalue weighted by atomic mass is 10.1. The van der Waals surface area contributed by atoms with Crippen molar-refractivity contribution < 1.29 is 9.21 Å². The smallest absolute Gasteiger partial charge is 0.336 e. The minimum atomic E-state index is -0.405. The molecule has 1 fully saturated rings. The number of hydrogen-bond donors (Lipinski definition) is 1. The molecule has 0 aliphatic heterocycles. The third-order valence-corrected chi connectivity index (χ3v) is 3.25. The van der Waals surface area contributed by atoms with Crippen LogP contribution in [-0.2, 0) is 0 Å². The molecule has 1 amide bonds. The minimum Gasteiger partial charge on any atom is -0.427 e. The summed E-state index contributed by atoms with van der Waals surface area (Å²) >= 11 is 0. The van der Waals surface area contributed by atoms with Crippen molar-refractivity contribution in [1.29, 1.82) is 0 Å². The van der Waals surface area contributed by atoms with Gasteiger partial charge in [-0.25, -0.2) is 4.79 Å². The van der Waals surface area contributed by atoms with Crippen LogP contribution in [0.5, 0.6) is 0 Å². The Hall–Kier alpha value is -1.58. The first-order chi connectivity index (χ1) is 8.08. The molecule has 0 spiro atoms. The average molecular weight is 235 g/mol. The molecule has 2 rings (SSSR count). The Balaban J connectivity index is 2.21. The Morgan fingerprint density at radius 1 is 1.35 bits per heavy atom. The first kappa shape index (κ1) is 11.9. The second kappa shape index (κ2) is 4.73. The highest BCUT2D eigenvalue weighted by atomic mass is 16.4. The predicted octanol–water partition coefficient (Wildman–Crippen LogP) is 1.93. The molecule has 1 heterocycles. The third-order valence-electron chi connectivity index (χ3n) is 3.25. The zero-order valence-electron chi connectivity index (χ0n) is 10.2. The second-order valence-corrected chi connectivity index (χ2v) is 4.63. The van der Waals surface area contributed by atoms with Gasteiger partial charge in [0.1, 0.15) is 5.76 Å². The highest BCUT2D eigenvalue weighted by Gasteiger charge is 2.21. The van der Waals surface area contributed by atoms with Crippen molar-refractivity contribution in [3.05, 3.63) is 33.4 Å². The zero-order valence-corrected chi connectivity index (χ0v) is 10.2. The normalized spacial score (nSPS) is 16.1. The Morgan fingerprint density at radius 2 is 2.00 bits per heavy atom. The van der Waals surface area contributed by atoms with Crippen molar-refractivity contribution in [3.8, 4) is 0 Å². The van der Waals surface area contributed by atoms with Crippen LogP contribution in [0.2, 0.25) is 0 Å². The summed E-state index contributed by atoms with van der Waals surface area (Å²) in [6.45, 7) is 3.41. The van der Waals surface area contributed by atoms with Gasteiger partial charge in [-0.15, -0.1) is 0 Å². The summed E-state index contributed by atoms with van der Waals surface area (Å²) in [5.74, 6) is 0.265. The quantitative estimate of drug-likeness (QED) is 0.852. The molecule has 1 saturated carbocycles. The number of carbonyl (C=O) groups excluding carboxylic acids is 1. The van der Waals surface area contributed by atoms with Crippen LogP contribution in [0.25, 0.3) is 0 Å². The highest BCUT2D eigenvalue weighted by molar-refractivity contribution is 5.96. The van der Waals surface area contributed by atoms with Crippen LogP contribution in [0.1, 0.15) is 47.4 Å². The largest absolute Gasteiger partial charge is 0.427 e. The van der Waals surface area contributed by atoms with Crippen molar-refractivity contribution in [2.45, 2.75) is 45.6 Å². The number of amides is 1. The first-order valence-corrected chi connectivity index (χ1v) is 6.00. The molecule has 0 atom stereocenters. The standard InChI is InChI=1S/C13H17NO3/c1-8-7-11(15)17-9(2)12(8)13(16)14-10-5-3-4-6-10/h7,10H,3-6H2,1-2H3,(H,14,16). The molecule has 17 heavy (non-hydrogen) atoms. The van der Waals surface area contributed by atoms with E-state index in [2.05, 4.69) is 5.32 Å². The summed E-state index contributed by atoms with van der Waals surface area (Å²) in [7, 11) is 0. The lowest BCUT2D eigenvalue weighted by Gasteiger charge is -2.13. The molecule has 1 aliphatic carbocycles. The summed E-state index contributed by atoms with van der Waals surface area (Å²) in [5, 5.41) is 3.00. The lowest BCUT2D eigenvalue weighted by Crippen LogP contribution is -2.33. The van der Waals surface area contributed by atoms with E-state index in [9.17, 15) is 9.59 Å². The molecule has 4 nitrogen and oxygen atoms in total. The third kappa shape index (κ3) is 2.57. The molecule has 1 aromatic heterocycles. The Morgan fingerprint density at radius 3 is 2.59 bits per heavy atom. The van der Waals surface area contributed by atoms with Gasteiger partial charge < -0.3 is 9.73 Å². The highest BCUT2D eigenvalue weighted by Crippen LogP contribution is 2.19. The van der Waals surface area contributed by atoms with E-state index in [-0.39, 0.29) is 11.9 Å². The van der Waals surface area contributed by atoms with Gasteiger partial charge in [-0.05, 0) is 32.3 Å². The van der Waals surface area contributed by atoms with Gasteiger partial charge in [-0.2, -0.15) is 0 Å². The Bertz CT molecular complexity index is 458. The summed E-state index contributed by atoms with van der Waals surface area (Å²) in [6.07, 6.45) is 4.43. The van der Waals surface area contributed by atoms with Crippen LogP contribution in [-0.4, -0.2) is 11.9 Å². The van der Waals surface area contributed by atoms with Gasteiger partial charge in [-0.1, -0.05) is 12.8 Å². The maximum absolute atomic E-state index is 12.1. The van der Waals surface area contributed by atoms with E-state index in [0.29, 0.717) is 16.9 Å². The van der Waals surface area contributed by atoms with Crippen molar-refractivity contribution in [1.82, 2.24) is 5.32 Å². The second-order valence-electron chi connectivity index (χ2n) is 4.63. The van der Waals surface area contributed by atoms with Gasteiger partial charge in [0, 0.05) is 12.1 Å². The Kier molecular flexibility index (Phi) is 3.31. The van der Waals surface area contributed by atoms with Gasteiger partial charge >= 0.3 is 5.63 Å². The number of hydrogen-bond acceptors (Lipinski definition) is 3. The number of nitrogens with one attached hydrogen (secondary N) is 1. The van der Waals surface area contributed by atoms with Crippen LogP contribution >= 0.6 is 0 Å². The number of rotatable bonds is 2. The van der Waals surface area contributed by atoms with Gasteiger partial charge in [0.25, 0.3) is 5.91 Å². The number of carbonyl (C=O) groups is 1. The van der Waals surface area contributed by atoms with E-state index in [4.69, 9.17) is 4.42 Å². The number of aryl methyl sites for hydroxylation is 2. The van der Waals surface area contributed by atoms with Gasteiger partial charge in [0.2, 0.25) is 0 Å². The molecule has 0 radical (unpaired) electrons. The van der Waals surface area contributed by atoms with Gasteiger partial charge in [0.05, 0.1) is 5.56 Å². The van der Waals surface area contributed by atoms with E-state index < -0.39 is 5.63 Å². The molecule has 0 aromatic carbocycles. The molecular weight excluding hydrogens is 218 g/mol. The van der Waals surface area contributed by atoms with E-state index >= 15 is 0 Å². The van der Waals surface area contributed by atoms with Crippen molar-refractivity contribution in [2.24, 2.45) is 0 Å². The molecule has 0 bridgehead atoms. The van der Waals surface area contributed by atoms with E-state index in [0.717, 1.165) is 12.8 Å². The average Bonchev–Trinajstić information content (AvgIpc) is 2.68. The Labute approximate surface area is 100 Å². The fraction of sp³-hybridized carbons (Fsp3) is 0.538. The molecule has 92 valence electrons. The summed E-state index contributed by atoms with van der Waals surface area (Å²) in [4.78, 5) is 23.2. The van der Waals surface area contributed by atoms with Crippen molar-refractivity contribution in [3.63, 3.8) is 0 Å². The van der Waals surface area contributed by atoms with Crippen molar-refractivity contribution >= 4 is 5.91 Å². The molecular formula is C13H17NO3. The van der Waals surface area contributed by atoms with Crippen LogP contribution in [0.15, 0.2) is 15.3 Å². The van der Waals surface area contributed by atoms with Gasteiger partial charge in [-0.3, -0.25) is 4.79 Å². The minimum absolute atomic E-state index is 0.129. The fourth-order valence-corrected chi connectivity index (χ4v) is 2.42.